The van der Waals surface area contributed by atoms with Crippen LogP contribution >= 0.6 is 0 Å². The number of rotatable bonds is 2. The van der Waals surface area contributed by atoms with E-state index in [0.29, 0.717) is 0 Å². The number of likely N-dealkylation sites (tertiary alicyclic amines) is 1. The lowest BCUT2D eigenvalue weighted by atomic mass is 9.84. The van der Waals surface area contributed by atoms with E-state index in [0.717, 1.165) is 43.6 Å². The summed E-state index contributed by atoms with van der Waals surface area (Å²) in [7, 11) is 0. The molecule has 0 unspecified atom stereocenters. The topological polar surface area (TPSA) is 29.5 Å². The van der Waals surface area contributed by atoms with Crippen LogP contribution in [0.3, 0.4) is 0 Å². The summed E-state index contributed by atoms with van der Waals surface area (Å²) in [4.78, 5) is 14.4. The molecule has 20 heavy (non-hydrogen) atoms. The molecule has 0 atom stereocenters. The Hall–Kier alpha value is -1.61. The Morgan fingerprint density at radius 2 is 2.00 bits per heavy atom. The molecular weight excluding hydrogens is 250 g/mol. The smallest absolute Gasteiger partial charge is 0.339 e. The summed E-state index contributed by atoms with van der Waals surface area (Å²) in [5.41, 5.74) is 2.83. The van der Waals surface area contributed by atoms with Crippen molar-refractivity contribution in [3.8, 4) is 0 Å². The van der Waals surface area contributed by atoms with Gasteiger partial charge in [-0.1, -0.05) is 29.8 Å². The summed E-state index contributed by atoms with van der Waals surface area (Å²) in [5, 5.41) is 0. The number of allylic oxidation sites excluding steroid dienone is 1. The van der Waals surface area contributed by atoms with Gasteiger partial charge in [0, 0.05) is 38.0 Å². The fraction of sp³-hybridized carbons (Fsp3) is 0.471. The Balaban J connectivity index is 1.75. The van der Waals surface area contributed by atoms with Crippen LogP contribution in [0.4, 0.5) is 0 Å². The summed E-state index contributed by atoms with van der Waals surface area (Å²) < 4.78 is 5.75. The Bertz CT molecular complexity index is 550. The Labute approximate surface area is 120 Å². The van der Waals surface area contributed by atoms with Crippen molar-refractivity contribution in [2.24, 2.45) is 0 Å². The van der Waals surface area contributed by atoms with Gasteiger partial charge in [-0.25, -0.2) is 4.79 Å². The van der Waals surface area contributed by atoms with Crippen LogP contribution in [0, 0.1) is 0 Å². The molecule has 2 aliphatic heterocycles. The first-order valence-electron chi connectivity index (χ1n) is 7.29. The van der Waals surface area contributed by atoms with E-state index in [1.54, 1.807) is 0 Å². The van der Waals surface area contributed by atoms with E-state index in [1.807, 2.05) is 24.3 Å². The summed E-state index contributed by atoms with van der Waals surface area (Å²) in [5.74, 6) is -0.154. The lowest BCUT2D eigenvalue weighted by Crippen LogP contribution is -2.42. The minimum atomic E-state index is -0.366. The van der Waals surface area contributed by atoms with E-state index in [1.165, 1.54) is 5.57 Å². The maximum absolute atomic E-state index is 12.0. The van der Waals surface area contributed by atoms with Crippen LogP contribution in [0.1, 0.15) is 42.6 Å². The third-order valence-corrected chi connectivity index (χ3v) is 4.35. The second kappa shape index (κ2) is 5.06. The monoisotopic (exact) mass is 271 g/mol. The highest BCUT2D eigenvalue weighted by molar-refractivity contribution is 5.94. The van der Waals surface area contributed by atoms with Gasteiger partial charge in [0.2, 0.25) is 0 Å². The fourth-order valence-electron chi connectivity index (χ4n) is 3.13. The number of ether oxygens (including phenoxy) is 1. The largest absolute Gasteiger partial charge is 0.450 e. The highest BCUT2D eigenvalue weighted by Crippen LogP contribution is 2.43. The van der Waals surface area contributed by atoms with Crippen molar-refractivity contribution in [3.63, 3.8) is 0 Å². The van der Waals surface area contributed by atoms with E-state index >= 15 is 0 Å². The number of esters is 1. The molecule has 1 fully saturated rings. The first-order valence-corrected chi connectivity index (χ1v) is 7.29. The summed E-state index contributed by atoms with van der Waals surface area (Å²) in [6, 6.07) is 7.83. The predicted octanol–water partition coefficient (Wildman–Crippen LogP) is 3.11. The molecule has 1 aromatic carbocycles. The lowest BCUT2D eigenvalue weighted by Gasteiger charge is -2.38. The van der Waals surface area contributed by atoms with Gasteiger partial charge in [-0.15, -0.1) is 0 Å². The SMILES string of the molecule is CC(C)=CCN1CCC2(CC1)OC(=O)c1ccccc12. The van der Waals surface area contributed by atoms with Crippen LogP contribution in [0.25, 0.3) is 0 Å². The summed E-state index contributed by atoms with van der Waals surface area (Å²) in [6.07, 6.45) is 4.05. The molecular formula is C17H21NO2. The van der Waals surface area contributed by atoms with Crippen LogP contribution in [0.15, 0.2) is 35.9 Å². The van der Waals surface area contributed by atoms with Gasteiger partial charge in [0.25, 0.3) is 0 Å². The van der Waals surface area contributed by atoms with Gasteiger partial charge < -0.3 is 4.74 Å². The number of hydrogen-bond acceptors (Lipinski definition) is 3. The molecule has 106 valence electrons. The molecule has 3 nitrogen and oxygen atoms in total. The molecule has 0 saturated carbocycles. The molecule has 0 bridgehead atoms. The van der Waals surface area contributed by atoms with Crippen molar-refractivity contribution in [1.82, 2.24) is 4.90 Å². The molecule has 2 aliphatic rings. The van der Waals surface area contributed by atoms with Crippen molar-refractivity contribution in [2.75, 3.05) is 19.6 Å². The van der Waals surface area contributed by atoms with E-state index < -0.39 is 0 Å². The van der Waals surface area contributed by atoms with Crippen molar-refractivity contribution in [2.45, 2.75) is 32.3 Å². The van der Waals surface area contributed by atoms with Gasteiger partial charge in [-0.05, 0) is 19.9 Å². The number of carbonyl (C=O) groups is 1. The van der Waals surface area contributed by atoms with Crippen molar-refractivity contribution in [1.29, 1.82) is 0 Å². The highest BCUT2D eigenvalue weighted by atomic mass is 16.6. The lowest BCUT2D eigenvalue weighted by molar-refractivity contribution is -0.0413. The first kappa shape index (κ1) is 13.4. The minimum absolute atomic E-state index is 0.154. The molecule has 1 saturated heterocycles. The van der Waals surface area contributed by atoms with Crippen molar-refractivity contribution in [3.05, 3.63) is 47.0 Å². The molecule has 0 aromatic heterocycles. The standard InChI is InChI=1S/C17H21NO2/c1-13(2)7-10-18-11-8-17(9-12-18)15-6-4-3-5-14(15)16(19)20-17/h3-7H,8-12H2,1-2H3. The van der Waals surface area contributed by atoms with Crippen molar-refractivity contribution < 1.29 is 9.53 Å². The second-order valence-electron chi connectivity index (χ2n) is 6.01. The van der Waals surface area contributed by atoms with Crippen molar-refractivity contribution >= 4 is 5.97 Å². The van der Waals surface area contributed by atoms with Gasteiger partial charge in [0.15, 0.2) is 0 Å². The van der Waals surface area contributed by atoms with Gasteiger partial charge in [0.05, 0.1) is 5.56 Å². The predicted molar refractivity (Wildman–Crippen MR) is 78.6 cm³/mol. The number of piperidine rings is 1. The maximum atomic E-state index is 12.0. The van der Waals surface area contributed by atoms with E-state index in [-0.39, 0.29) is 11.6 Å². The number of benzene rings is 1. The molecule has 0 aliphatic carbocycles. The third kappa shape index (κ3) is 2.27. The molecule has 2 heterocycles. The molecule has 1 spiro atoms. The number of nitrogens with zero attached hydrogens (tertiary/aromatic N) is 1. The van der Waals surface area contributed by atoms with E-state index in [9.17, 15) is 4.79 Å². The van der Waals surface area contributed by atoms with Crippen LogP contribution < -0.4 is 0 Å². The van der Waals surface area contributed by atoms with Crippen LogP contribution in [0.5, 0.6) is 0 Å². The molecule has 0 N–H and O–H groups in total. The highest BCUT2D eigenvalue weighted by Gasteiger charge is 2.46. The van der Waals surface area contributed by atoms with Gasteiger partial charge in [-0.2, -0.15) is 0 Å². The fourth-order valence-corrected chi connectivity index (χ4v) is 3.13. The van der Waals surface area contributed by atoms with Gasteiger partial charge in [0.1, 0.15) is 5.60 Å². The molecule has 3 heteroatoms. The molecule has 1 aromatic rings. The Morgan fingerprint density at radius 1 is 1.30 bits per heavy atom. The van der Waals surface area contributed by atoms with Crippen LogP contribution in [0.2, 0.25) is 0 Å². The number of fused-ring (bicyclic) bond motifs is 2. The molecule has 0 radical (unpaired) electrons. The van der Waals surface area contributed by atoms with Gasteiger partial charge >= 0.3 is 5.97 Å². The van der Waals surface area contributed by atoms with Crippen LogP contribution in [-0.2, 0) is 10.3 Å². The van der Waals surface area contributed by atoms with E-state index in [4.69, 9.17) is 4.74 Å². The molecule has 0 amide bonds. The summed E-state index contributed by atoms with van der Waals surface area (Å²) >= 11 is 0. The quantitative estimate of drug-likeness (QED) is 0.611. The Morgan fingerprint density at radius 3 is 2.70 bits per heavy atom. The number of carbonyl (C=O) groups excluding carboxylic acids is 1. The average molecular weight is 271 g/mol. The maximum Gasteiger partial charge on any atom is 0.339 e. The summed E-state index contributed by atoms with van der Waals surface area (Å²) in [6.45, 7) is 7.20. The second-order valence-corrected chi connectivity index (χ2v) is 6.01. The normalized spacial score (nSPS) is 20.6. The minimum Gasteiger partial charge on any atom is -0.450 e. The van der Waals surface area contributed by atoms with E-state index in [2.05, 4.69) is 24.8 Å². The zero-order valence-corrected chi connectivity index (χ0v) is 12.2. The van der Waals surface area contributed by atoms with Gasteiger partial charge in [-0.3, -0.25) is 4.90 Å². The average Bonchev–Trinajstić information content (AvgIpc) is 2.72. The zero-order valence-electron chi connectivity index (χ0n) is 12.2. The first-order chi connectivity index (χ1) is 9.61. The zero-order chi connectivity index (χ0) is 14.2. The Kier molecular flexibility index (Phi) is 3.38. The van der Waals surface area contributed by atoms with Crippen LogP contribution in [-0.4, -0.2) is 30.5 Å². The third-order valence-electron chi connectivity index (χ3n) is 4.35. The molecule has 3 rings (SSSR count). The number of hydrogen-bond donors (Lipinski definition) is 0.